The molecule has 5 nitrogen and oxygen atoms in total. The van der Waals surface area contributed by atoms with Gasteiger partial charge in [-0.15, -0.1) is 0 Å². The Morgan fingerprint density at radius 2 is 2.03 bits per heavy atom. The zero-order valence-electron chi connectivity index (χ0n) is 19.5. The number of benzene rings is 1. The number of rotatable bonds is 6. The molecule has 31 heavy (non-hydrogen) atoms. The number of nitrogens with zero attached hydrogens (tertiary/aromatic N) is 3. The molecule has 0 amide bonds. The van der Waals surface area contributed by atoms with E-state index in [0.29, 0.717) is 11.7 Å². The summed E-state index contributed by atoms with van der Waals surface area (Å²) in [7, 11) is 4.31. The van der Waals surface area contributed by atoms with E-state index in [4.69, 9.17) is 0 Å². The van der Waals surface area contributed by atoms with Crippen LogP contribution in [0.15, 0.2) is 53.0 Å². The molecule has 2 atom stereocenters. The Balaban J connectivity index is 1.49. The zero-order valence-corrected chi connectivity index (χ0v) is 19.5. The highest BCUT2D eigenvalue weighted by Crippen LogP contribution is 2.32. The number of nitrogens with one attached hydrogen (secondary N) is 2. The maximum absolute atomic E-state index is 14.5. The van der Waals surface area contributed by atoms with Gasteiger partial charge >= 0.3 is 0 Å². The SMILES string of the molecule is CCC1=CC(CN2CC3=C(C(Nc4ccc(C)cc4F)CCN3)N2C)=CN(C)C1CC. The largest absolute Gasteiger partial charge is 0.386 e. The third kappa shape index (κ3) is 4.31. The van der Waals surface area contributed by atoms with Gasteiger partial charge in [-0.1, -0.05) is 26.0 Å². The van der Waals surface area contributed by atoms with E-state index in [1.165, 1.54) is 22.5 Å². The van der Waals surface area contributed by atoms with Crippen molar-refractivity contribution < 1.29 is 4.39 Å². The van der Waals surface area contributed by atoms with Crippen molar-refractivity contribution in [2.75, 3.05) is 39.0 Å². The second kappa shape index (κ2) is 8.95. The second-order valence-corrected chi connectivity index (χ2v) is 8.97. The third-order valence-electron chi connectivity index (χ3n) is 6.80. The first-order valence-electron chi connectivity index (χ1n) is 11.5. The van der Waals surface area contributed by atoms with E-state index in [1.807, 2.05) is 19.1 Å². The maximum Gasteiger partial charge on any atom is 0.146 e. The summed E-state index contributed by atoms with van der Waals surface area (Å²) >= 11 is 0. The molecule has 4 rings (SSSR count). The Labute approximate surface area is 186 Å². The van der Waals surface area contributed by atoms with Gasteiger partial charge in [0.25, 0.3) is 0 Å². The lowest BCUT2D eigenvalue weighted by Crippen LogP contribution is -2.42. The molecule has 3 heterocycles. The number of hydrazine groups is 1. The van der Waals surface area contributed by atoms with Gasteiger partial charge in [-0.3, -0.25) is 0 Å². The first kappa shape index (κ1) is 21.8. The zero-order chi connectivity index (χ0) is 22.1. The van der Waals surface area contributed by atoms with Crippen molar-refractivity contribution in [2.45, 2.75) is 52.1 Å². The van der Waals surface area contributed by atoms with Crippen molar-refractivity contribution in [2.24, 2.45) is 0 Å². The fourth-order valence-electron chi connectivity index (χ4n) is 5.20. The lowest BCUT2D eigenvalue weighted by molar-refractivity contribution is 0.0744. The monoisotopic (exact) mass is 425 g/mol. The van der Waals surface area contributed by atoms with Crippen molar-refractivity contribution in [1.29, 1.82) is 0 Å². The van der Waals surface area contributed by atoms with Gasteiger partial charge in [-0.25, -0.2) is 9.40 Å². The van der Waals surface area contributed by atoms with Crippen LogP contribution in [0.4, 0.5) is 10.1 Å². The number of anilines is 1. The van der Waals surface area contributed by atoms with Crippen LogP contribution < -0.4 is 10.6 Å². The smallest absolute Gasteiger partial charge is 0.146 e. The van der Waals surface area contributed by atoms with Gasteiger partial charge in [0.05, 0.1) is 24.0 Å². The molecular weight excluding hydrogens is 389 g/mol. The van der Waals surface area contributed by atoms with Crippen molar-refractivity contribution in [3.05, 3.63) is 64.4 Å². The van der Waals surface area contributed by atoms with E-state index >= 15 is 0 Å². The first-order valence-corrected chi connectivity index (χ1v) is 11.5. The predicted molar refractivity (Wildman–Crippen MR) is 126 cm³/mol. The number of hydrogen-bond donors (Lipinski definition) is 2. The molecule has 0 fully saturated rings. The number of likely N-dealkylation sites (N-methyl/N-ethyl adjacent to an activating group) is 2. The van der Waals surface area contributed by atoms with Gasteiger partial charge in [0.2, 0.25) is 0 Å². The standard InChI is InChI=1S/C25H36FN5/c1-6-19-13-18(14-29(4)24(19)7-2)15-31-16-23-25(30(31)5)22(10-11-27-23)28-21-9-8-17(3)12-20(21)26/h8-9,12-14,22,24,27-28H,6-7,10-11,15-16H2,1-5H3. The van der Waals surface area contributed by atoms with Crippen molar-refractivity contribution in [1.82, 2.24) is 20.2 Å². The second-order valence-electron chi connectivity index (χ2n) is 8.97. The minimum atomic E-state index is -0.184. The molecule has 1 aromatic rings. The minimum absolute atomic E-state index is 0.0951. The van der Waals surface area contributed by atoms with Crippen LogP contribution in [0.5, 0.6) is 0 Å². The van der Waals surface area contributed by atoms with E-state index in [-0.39, 0.29) is 11.9 Å². The molecule has 0 saturated heterocycles. The lowest BCUT2D eigenvalue weighted by Gasteiger charge is -2.36. The number of hydrogen-bond acceptors (Lipinski definition) is 5. The Kier molecular flexibility index (Phi) is 6.28. The van der Waals surface area contributed by atoms with Crippen molar-refractivity contribution in [3.8, 4) is 0 Å². The summed E-state index contributed by atoms with van der Waals surface area (Å²) in [6, 6.07) is 6.01. The summed E-state index contributed by atoms with van der Waals surface area (Å²) in [6.45, 7) is 9.03. The third-order valence-corrected chi connectivity index (χ3v) is 6.80. The number of aryl methyl sites for hydroxylation is 1. The summed E-state index contributed by atoms with van der Waals surface area (Å²) in [5, 5.41) is 11.7. The molecule has 0 aromatic heterocycles. The van der Waals surface area contributed by atoms with Crippen molar-refractivity contribution in [3.63, 3.8) is 0 Å². The quantitative estimate of drug-likeness (QED) is 0.713. The van der Waals surface area contributed by atoms with Crippen molar-refractivity contribution >= 4 is 5.69 Å². The van der Waals surface area contributed by atoms with Crippen LogP contribution in [0.2, 0.25) is 0 Å². The average molecular weight is 426 g/mol. The topological polar surface area (TPSA) is 33.8 Å². The van der Waals surface area contributed by atoms with Crippen LogP contribution in [0.25, 0.3) is 0 Å². The molecule has 2 N–H and O–H groups in total. The highest BCUT2D eigenvalue weighted by molar-refractivity contribution is 5.49. The first-order chi connectivity index (χ1) is 14.9. The summed E-state index contributed by atoms with van der Waals surface area (Å²) in [5.41, 5.74) is 6.83. The predicted octanol–water partition coefficient (Wildman–Crippen LogP) is 4.23. The highest BCUT2D eigenvalue weighted by Gasteiger charge is 2.35. The molecule has 0 saturated carbocycles. The van der Waals surface area contributed by atoms with Gasteiger partial charge in [-0.2, -0.15) is 0 Å². The Hall–Kier alpha value is -2.47. The van der Waals surface area contributed by atoms with Gasteiger partial charge < -0.3 is 20.5 Å². The van der Waals surface area contributed by atoms with Crippen LogP contribution in [0.3, 0.4) is 0 Å². The van der Waals surface area contributed by atoms with Crippen LogP contribution in [-0.2, 0) is 0 Å². The summed E-state index contributed by atoms with van der Waals surface area (Å²) in [4.78, 5) is 2.36. The van der Waals surface area contributed by atoms with E-state index < -0.39 is 0 Å². The molecule has 0 bridgehead atoms. The molecular formula is C25H36FN5. The van der Waals surface area contributed by atoms with Crippen LogP contribution in [-0.4, -0.2) is 60.7 Å². The van der Waals surface area contributed by atoms with Crippen LogP contribution in [0, 0.1) is 12.7 Å². The summed E-state index contributed by atoms with van der Waals surface area (Å²) in [5.74, 6) is -0.184. The van der Waals surface area contributed by atoms with Gasteiger partial charge in [0.15, 0.2) is 0 Å². The van der Waals surface area contributed by atoms with Gasteiger partial charge in [0, 0.05) is 45.1 Å². The molecule has 0 aliphatic carbocycles. The number of halogens is 1. The Morgan fingerprint density at radius 1 is 1.23 bits per heavy atom. The average Bonchev–Trinajstić information content (AvgIpc) is 3.05. The molecule has 0 radical (unpaired) electrons. The van der Waals surface area contributed by atoms with Crippen LogP contribution in [0.1, 0.15) is 38.7 Å². The van der Waals surface area contributed by atoms with E-state index in [2.05, 4.69) is 65.8 Å². The molecule has 168 valence electrons. The fourth-order valence-corrected chi connectivity index (χ4v) is 5.20. The summed E-state index contributed by atoms with van der Waals surface area (Å²) < 4.78 is 14.5. The van der Waals surface area contributed by atoms with E-state index in [1.54, 1.807) is 6.07 Å². The molecule has 3 aliphatic heterocycles. The normalized spacial score (nSPS) is 24.1. The minimum Gasteiger partial charge on any atom is -0.386 e. The molecule has 2 unspecified atom stereocenters. The van der Waals surface area contributed by atoms with Gasteiger partial charge in [-0.05, 0) is 55.0 Å². The van der Waals surface area contributed by atoms with Crippen LogP contribution >= 0.6 is 0 Å². The van der Waals surface area contributed by atoms with E-state index in [0.717, 1.165) is 44.5 Å². The maximum atomic E-state index is 14.5. The highest BCUT2D eigenvalue weighted by atomic mass is 19.1. The van der Waals surface area contributed by atoms with E-state index in [9.17, 15) is 4.39 Å². The van der Waals surface area contributed by atoms with Gasteiger partial charge in [0.1, 0.15) is 5.82 Å². The molecule has 3 aliphatic rings. The molecule has 0 spiro atoms. The fraction of sp³-hybridized carbons (Fsp3) is 0.520. The molecule has 6 heteroatoms. The summed E-state index contributed by atoms with van der Waals surface area (Å²) in [6.07, 6.45) is 7.83. The Bertz CT molecular complexity index is 918. The molecule has 1 aromatic carbocycles. The Morgan fingerprint density at radius 3 is 2.74 bits per heavy atom. The lowest BCUT2D eigenvalue weighted by atomic mass is 9.95.